The third kappa shape index (κ3) is 3.37. The molecule has 0 aromatic heterocycles. The zero-order valence-corrected chi connectivity index (χ0v) is 24.3. The van der Waals surface area contributed by atoms with Gasteiger partial charge in [0, 0.05) is 12.0 Å². The third-order valence-corrected chi connectivity index (χ3v) is 13.6. The Balaban J connectivity index is 1.59. The van der Waals surface area contributed by atoms with Gasteiger partial charge in [0.15, 0.2) is 0 Å². The van der Waals surface area contributed by atoms with E-state index in [4.69, 9.17) is 4.74 Å². The number of hydrogen-bond acceptors (Lipinski definition) is 4. The van der Waals surface area contributed by atoms with Crippen LogP contribution in [0.25, 0.3) is 0 Å². The van der Waals surface area contributed by atoms with Gasteiger partial charge in [-0.1, -0.05) is 53.2 Å². The predicted octanol–water partition coefficient (Wildman–Crippen LogP) is 6.63. The normalized spacial score (nSPS) is 47.8. The van der Waals surface area contributed by atoms with Gasteiger partial charge in [0.25, 0.3) is 0 Å². The molecular weight excluding hydrogens is 464 g/mol. The molecule has 0 aromatic carbocycles. The second-order valence-electron chi connectivity index (χ2n) is 15.5. The Bertz CT molecular complexity index is 1010. The number of methoxy groups -OCH3 is 1. The van der Waals surface area contributed by atoms with Crippen molar-refractivity contribution in [1.82, 2.24) is 0 Å². The smallest absolute Gasteiger partial charge is 0.310 e. The predicted molar refractivity (Wildman–Crippen MR) is 144 cm³/mol. The number of aliphatic carboxylic acids is 1. The van der Waals surface area contributed by atoms with E-state index in [9.17, 15) is 19.8 Å². The fourth-order valence-electron chi connectivity index (χ4n) is 11.2. The average molecular weight is 515 g/mol. The number of carbonyl (C=O) groups excluding carboxylic acids is 1. The summed E-state index contributed by atoms with van der Waals surface area (Å²) in [7, 11) is 1.49. The first-order chi connectivity index (χ1) is 17.2. The van der Waals surface area contributed by atoms with Crippen molar-refractivity contribution in [2.75, 3.05) is 13.7 Å². The number of aliphatic hydroxyl groups is 1. The number of hydrogen-bond donors (Lipinski definition) is 2. The molecule has 4 saturated carbocycles. The maximum absolute atomic E-state index is 12.8. The lowest BCUT2D eigenvalue weighted by molar-refractivity contribution is -0.217. The lowest BCUT2D eigenvalue weighted by Gasteiger charge is -2.71. The Morgan fingerprint density at radius 2 is 1.62 bits per heavy atom. The first kappa shape index (κ1) is 27.2. The van der Waals surface area contributed by atoms with E-state index in [0.29, 0.717) is 5.92 Å². The summed E-state index contributed by atoms with van der Waals surface area (Å²) < 4.78 is 5.22. The van der Waals surface area contributed by atoms with Crippen LogP contribution in [-0.4, -0.2) is 35.9 Å². The zero-order valence-electron chi connectivity index (χ0n) is 24.3. The van der Waals surface area contributed by atoms with Gasteiger partial charge in [-0.05, 0) is 104 Å². The summed E-state index contributed by atoms with van der Waals surface area (Å²) >= 11 is 0. The number of aliphatic hydroxyl groups excluding tert-OH is 1. The van der Waals surface area contributed by atoms with Crippen molar-refractivity contribution in [3.63, 3.8) is 0 Å². The second kappa shape index (κ2) is 8.32. The zero-order chi connectivity index (χ0) is 27.2. The van der Waals surface area contributed by atoms with Crippen molar-refractivity contribution in [3.05, 3.63) is 11.6 Å². The molecule has 8 atom stereocenters. The minimum Gasteiger partial charge on any atom is -0.481 e. The number of rotatable bonds is 3. The van der Waals surface area contributed by atoms with E-state index >= 15 is 0 Å². The van der Waals surface area contributed by atoms with Crippen LogP contribution >= 0.6 is 0 Å². The highest BCUT2D eigenvalue weighted by molar-refractivity contribution is 5.76. The SMILES string of the molecule is COC(=O)C1CCC2(CO)C(CCC3(C)C2CC=C2C4CC(C)(C)CCC4(C(=O)O)CCC23C)C1(C)C. The number of carboxylic acid groups (broad SMARTS) is 1. The molecule has 0 aliphatic heterocycles. The largest absolute Gasteiger partial charge is 0.481 e. The Morgan fingerprint density at radius 3 is 2.24 bits per heavy atom. The van der Waals surface area contributed by atoms with Crippen LogP contribution in [0.2, 0.25) is 0 Å². The van der Waals surface area contributed by atoms with Crippen molar-refractivity contribution < 1.29 is 24.5 Å². The fourth-order valence-corrected chi connectivity index (χ4v) is 11.2. The quantitative estimate of drug-likeness (QED) is 0.326. The molecule has 0 radical (unpaired) electrons. The lowest BCUT2D eigenvalue weighted by atomic mass is 9.33. The van der Waals surface area contributed by atoms with Gasteiger partial charge in [-0.3, -0.25) is 9.59 Å². The van der Waals surface area contributed by atoms with Gasteiger partial charge in [0.2, 0.25) is 0 Å². The van der Waals surface area contributed by atoms with Gasteiger partial charge < -0.3 is 14.9 Å². The summed E-state index contributed by atoms with van der Waals surface area (Å²) in [5, 5.41) is 21.7. The van der Waals surface area contributed by atoms with Crippen molar-refractivity contribution in [3.8, 4) is 0 Å². The van der Waals surface area contributed by atoms with Crippen LogP contribution in [0.3, 0.4) is 0 Å². The van der Waals surface area contributed by atoms with Crippen molar-refractivity contribution in [1.29, 1.82) is 0 Å². The minimum absolute atomic E-state index is 0.00323. The Kier molecular flexibility index (Phi) is 6.12. The van der Waals surface area contributed by atoms with E-state index in [1.807, 2.05) is 0 Å². The van der Waals surface area contributed by atoms with Crippen molar-refractivity contribution in [2.24, 2.45) is 56.2 Å². The summed E-state index contributed by atoms with van der Waals surface area (Å²) in [4.78, 5) is 25.6. The van der Waals surface area contributed by atoms with Gasteiger partial charge in [0.05, 0.1) is 18.4 Å². The van der Waals surface area contributed by atoms with E-state index in [-0.39, 0.29) is 57.4 Å². The highest BCUT2D eigenvalue weighted by Crippen LogP contribution is 2.76. The van der Waals surface area contributed by atoms with E-state index in [0.717, 1.165) is 64.2 Å². The number of fused-ring (bicyclic) bond motifs is 7. The van der Waals surface area contributed by atoms with E-state index < -0.39 is 11.4 Å². The molecule has 2 N–H and O–H groups in total. The Morgan fingerprint density at radius 1 is 0.946 bits per heavy atom. The summed E-state index contributed by atoms with van der Waals surface area (Å²) in [6.07, 6.45) is 11.4. The molecule has 0 aromatic rings. The number of carbonyl (C=O) groups is 2. The monoisotopic (exact) mass is 514 g/mol. The summed E-state index contributed by atoms with van der Waals surface area (Å²) in [5.74, 6) is -0.160. The highest BCUT2D eigenvalue weighted by Gasteiger charge is 2.70. The van der Waals surface area contributed by atoms with Crippen LogP contribution in [-0.2, 0) is 14.3 Å². The van der Waals surface area contributed by atoms with Gasteiger partial charge in [-0.15, -0.1) is 0 Å². The number of carboxylic acids is 1. The molecule has 37 heavy (non-hydrogen) atoms. The molecule has 5 aliphatic rings. The summed E-state index contributed by atoms with van der Waals surface area (Å²) in [6, 6.07) is 0. The topological polar surface area (TPSA) is 83.8 Å². The molecule has 0 heterocycles. The molecule has 5 rings (SSSR count). The Labute approximate surface area is 223 Å². The van der Waals surface area contributed by atoms with E-state index in [2.05, 4.69) is 47.6 Å². The van der Waals surface area contributed by atoms with Gasteiger partial charge in [-0.2, -0.15) is 0 Å². The maximum Gasteiger partial charge on any atom is 0.310 e. The van der Waals surface area contributed by atoms with Crippen LogP contribution in [0.4, 0.5) is 0 Å². The maximum atomic E-state index is 12.8. The van der Waals surface area contributed by atoms with Crippen molar-refractivity contribution in [2.45, 2.75) is 106 Å². The standard InChI is InChI=1S/C32H50O5/c1-27(2)14-16-31(26(35)36)17-15-29(5)20(22(31)18-27)8-9-24-30(29,6)12-11-23-28(3,4)21(25(34)37-7)10-13-32(23,24)19-33/h8,21-24,33H,9-19H2,1-7H3,(H,35,36). The first-order valence-electron chi connectivity index (χ1n) is 14.8. The molecule has 208 valence electrons. The molecule has 5 aliphatic carbocycles. The number of allylic oxidation sites excluding steroid dienone is 2. The second-order valence-corrected chi connectivity index (χ2v) is 15.5. The van der Waals surface area contributed by atoms with Crippen LogP contribution < -0.4 is 0 Å². The molecule has 8 unspecified atom stereocenters. The number of ether oxygens (including phenoxy) is 1. The minimum atomic E-state index is -0.628. The molecule has 4 fully saturated rings. The van der Waals surface area contributed by atoms with E-state index in [1.165, 1.54) is 12.7 Å². The van der Waals surface area contributed by atoms with Gasteiger partial charge in [0.1, 0.15) is 0 Å². The molecule has 0 amide bonds. The summed E-state index contributed by atoms with van der Waals surface area (Å²) in [5.41, 5.74) is 0.414. The van der Waals surface area contributed by atoms with Crippen LogP contribution in [0.5, 0.6) is 0 Å². The van der Waals surface area contributed by atoms with Crippen molar-refractivity contribution >= 4 is 11.9 Å². The number of esters is 1. The molecule has 5 nitrogen and oxygen atoms in total. The van der Waals surface area contributed by atoms with Crippen LogP contribution in [0.15, 0.2) is 11.6 Å². The van der Waals surface area contributed by atoms with Crippen LogP contribution in [0.1, 0.15) is 106 Å². The van der Waals surface area contributed by atoms with Gasteiger partial charge >= 0.3 is 11.9 Å². The van der Waals surface area contributed by atoms with Gasteiger partial charge in [-0.25, -0.2) is 0 Å². The average Bonchev–Trinajstić information content (AvgIpc) is 2.83. The molecular formula is C32H50O5. The highest BCUT2D eigenvalue weighted by atomic mass is 16.5. The third-order valence-electron chi connectivity index (χ3n) is 13.6. The Hall–Kier alpha value is -1.36. The first-order valence-corrected chi connectivity index (χ1v) is 14.8. The molecule has 0 saturated heterocycles. The van der Waals surface area contributed by atoms with E-state index in [1.54, 1.807) is 0 Å². The molecule has 0 spiro atoms. The van der Waals surface area contributed by atoms with Crippen LogP contribution in [0, 0.1) is 56.2 Å². The lowest BCUT2D eigenvalue weighted by Crippen LogP contribution is -2.66. The molecule has 0 bridgehead atoms. The molecule has 5 heteroatoms. The fraction of sp³-hybridized carbons (Fsp3) is 0.875. The summed E-state index contributed by atoms with van der Waals surface area (Å²) in [6.45, 7) is 14.1.